The molecule has 0 atom stereocenters. The number of fused-ring (bicyclic) bond motifs is 1. The number of halogens is 2. The molecule has 0 amide bonds. The number of aromatic hydroxyl groups is 1. The van der Waals surface area contributed by atoms with Gasteiger partial charge in [-0.05, 0) is 56.1 Å². The fourth-order valence-electron chi connectivity index (χ4n) is 2.77. The summed E-state index contributed by atoms with van der Waals surface area (Å²) in [6.07, 6.45) is 0.480. The third-order valence-electron chi connectivity index (χ3n) is 4.01. The standard InChI is InChI=1S/C17H14Br2N2O5S/c1-2-13-15(10-4-3-9(27(20,24)25)7-14(10)26-13)16(21-23)8-5-11(18)17(22)12(19)6-8/h3-7,22-23H,2H2,1H3,(H2,20,24,25). The van der Waals surface area contributed by atoms with Crippen molar-refractivity contribution in [2.75, 3.05) is 0 Å². The Kier molecular flexibility index (Phi) is 5.35. The van der Waals surface area contributed by atoms with Crippen molar-refractivity contribution in [3.63, 3.8) is 0 Å². The lowest BCUT2D eigenvalue weighted by Crippen LogP contribution is -2.11. The number of phenols is 1. The van der Waals surface area contributed by atoms with Crippen LogP contribution in [0.4, 0.5) is 0 Å². The van der Waals surface area contributed by atoms with Gasteiger partial charge >= 0.3 is 0 Å². The Balaban J connectivity index is 2.28. The number of hydrogen-bond donors (Lipinski definition) is 3. The van der Waals surface area contributed by atoms with Gasteiger partial charge in [0.2, 0.25) is 10.0 Å². The molecule has 2 aromatic carbocycles. The van der Waals surface area contributed by atoms with Crippen molar-refractivity contribution in [1.29, 1.82) is 0 Å². The van der Waals surface area contributed by atoms with E-state index >= 15 is 0 Å². The minimum absolute atomic E-state index is 0.0154. The summed E-state index contributed by atoms with van der Waals surface area (Å²) >= 11 is 6.51. The van der Waals surface area contributed by atoms with E-state index in [0.29, 0.717) is 43.2 Å². The lowest BCUT2D eigenvalue weighted by Gasteiger charge is -2.09. The van der Waals surface area contributed by atoms with E-state index in [1.54, 1.807) is 18.2 Å². The highest BCUT2D eigenvalue weighted by Gasteiger charge is 2.23. The van der Waals surface area contributed by atoms with Crippen LogP contribution in [-0.4, -0.2) is 24.4 Å². The number of furan rings is 1. The maximum Gasteiger partial charge on any atom is 0.238 e. The van der Waals surface area contributed by atoms with Gasteiger partial charge in [0.15, 0.2) is 0 Å². The monoisotopic (exact) mass is 516 g/mol. The van der Waals surface area contributed by atoms with Gasteiger partial charge in [0, 0.05) is 23.4 Å². The SMILES string of the molecule is CCc1oc2cc(S(N)(=O)=O)ccc2c1C(=NO)c1cc(Br)c(O)c(Br)c1. The molecule has 7 nitrogen and oxygen atoms in total. The van der Waals surface area contributed by atoms with Crippen LogP contribution < -0.4 is 5.14 Å². The minimum Gasteiger partial charge on any atom is -0.506 e. The molecular formula is C17H14Br2N2O5S. The highest BCUT2D eigenvalue weighted by Crippen LogP contribution is 2.36. The van der Waals surface area contributed by atoms with Crippen LogP contribution in [0.5, 0.6) is 5.75 Å². The Morgan fingerprint density at radius 1 is 1.22 bits per heavy atom. The van der Waals surface area contributed by atoms with Crippen LogP contribution in [0, 0.1) is 0 Å². The normalized spacial score (nSPS) is 12.7. The summed E-state index contributed by atoms with van der Waals surface area (Å²) in [6, 6.07) is 7.47. The maximum atomic E-state index is 11.6. The average molecular weight is 518 g/mol. The summed E-state index contributed by atoms with van der Waals surface area (Å²) in [5, 5.41) is 28.8. The van der Waals surface area contributed by atoms with Crippen LogP contribution in [0.15, 0.2) is 53.7 Å². The van der Waals surface area contributed by atoms with Gasteiger partial charge < -0.3 is 14.7 Å². The molecule has 0 bridgehead atoms. The largest absolute Gasteiger partial charge is 0.506 e. The lowest BCUT2D eigenvalue weighted by molar-refractivity contribution is 0.319. The number of rotatable bonds is 4. The first-order valence-electron chi connectivity index (χ1n) is 7.66. The molecule has 0 saturated carbocycles. The molecule has 0 aliphatic heterocycles. The summed E-state index contributed by atoms with van der Waals surface area (Å²) in [7, 11) is -3.88. The van der Waals surface area contributed by atoms with Crippen molar-refractivity contribution in [1.82, 2.24) is 0 Å². The number of benzene rings is 2. The molecule has 3 aromatic rings. The fourth-order valence-corrected chi connectivity index (χ4v) is 4.48. The molecule has 142 valence electrons. The van der Waals surface area contributed by atoms with Crippen LogP contribution in [0.1, 0.15) is 23.8 Å². The fraction of sp³-hybridized carbons (Fsp3) is 0.118. The van der Waals surface area contributed by atoms with Crippen LogP contribution in [0.3, 0.4) is 0 Å². The molecule has 0 saturated heterocycles. The quantitative estimate of drug-likeness (QED) is 0.273. The smallest absolute Gasteiger partial charge is 0.238 e. The number of oxime groups is 1. The van der Waals surface area contributed by atoms with Crippen LogP contribution in [0.2, 0.25) is 0 Å². The van der Waals surface area contributed by atoms with E-state index in [0.717, 1.165) is 0 Å². The zero-order valence-electron chi connectivity index (χ0n) is 13.9. The Morgan fingerprint density at radius 2 is 1.85 bits per heavy atom. The van der Waals surface area contributed by atoms with Gasteiger partial charge in [-0.3, -0.25) is 0 Å². The molecule has 0 aliphatic carbocycles. The molecule has 0 unspecified atom stereocenters. The second-order valence-electron chi connectivity index (χ2n) is 5.69. The molecular weight excluding hydrogens is 504 g/mol. The molecule has 1 aromatic heterocycles. The molecule has 0 aliphatic rings. The molecule has 27 heavy (non-hydrogen) atoms. The summed E-state index contributed by atoms with van der Waals surface area (Å²) in [5.74, 6) is 0.534. The van der Waals surface area contributed by atoms with Crippen molar-refractivity contribution >= 4 is 58.6 Å². The van der Waals surface area contributed by atoms with E-state index in [-0.39, 0.29) is 16.4 Å². The first kappa shape index (κ1) is 19.9. The summed E-state index contributed by atoms with van der Waals surface area (Å²) in [5.41, 5.74) is 1.57. The van der Waals surface area contributed by atoms with Crippen molar-refractivity contribution in [2.24, 2.45) is 10.3 Å². The number of sulfonamides is 1. The highest BCUT2D eigenvalue weighted by molar-refractivity contribution is 9.11. The Labute approximate surface area is 171 Å². The zero-order valence-corrected chi connectivity index (χ0v) is 17.9. The van der Waals surface area contributed by atoms with Crippen molar-refractivity contribution in [3.8, 4) is 5.75 Å². The number of phenolic OH excluding ortho intramolecular Hbond substituents is 1. The van der Waals surface area contributed by atoms with E-state index in [9.17, 15) is 18.7 Å². The molecule has 3 rings (SSSR count). The van der Waals surface area contributed by atoms with Crippen molar-refractivity contribution in [2.45, 2.75) is 18.2 Å². The van der Waals surface area contributed by atoms with Crippen molar-refractivity contribution < 1.29 is 23.1 Å². The van der Waals surface area contributed by atoms with Gasteiger partial charge in [0.1, 0.15) is 22.8 Å². The number of nitrogens with two attached hydrogens (primary N) is 1. The second kappa shape index (κ2) is 7.27. The first-order chi connectivity index (χ1) is 12.7. The number of nitrogens with zero attached hydrogens (tertiary/aromatic N) is 1. The molecule has 0 fully saturated rings. The predicted molar refractivity (Wildman–Crippen MR) is 108 cm³/mol. The Bertz CT molecular complexity index is 1160. The molecule has 0 spiro atoms. The van der Waals surface area contributed by atoms with E-state index in [1.165, 1.54) is 12.1 Å². The van der Waals surface area contributed by atoms with E-state index in [1.807, 2.05) is 6.92 Å². The summed E-state index contributed by atoms with van der Waals surface area (Å²) in [4.78, 5) is -0.0736. The van der Waals surface area contributed by atoms with E-state index in [2.05, 4.69) is 37.0 Å². The third kappa shape index (κ3) is 3.62. The Hall–Kier alpha value is -1.88. The minimum atomic E-state index is -3.88. The molecule has 0 radical (unpaired) electrons. The second-order valence-corrected chi connectivity index (χ2v) is 8.96. The molecule has 10 heteroatoms. The Morgan fingerprint density at radius 3 is 2.37 bits per heavy atom. The average Bonchev–Trinajstić information content (AvgIpc) is 2.97. The van der Waals surface area contributed by atoms with Gasteiger partial charge in [-0.15, -0.1) is 0 Å². The van der Waals surface area contributed by atoms with Crippen LogP contribution in [-0.2, 0) is 16.4 Å². The van der Waals surface area contributed by atoms with E-state index < -0.39 is 10.0 Å². The third-order valence-corrected chi connectivity index (χ3v) is 6.13. The maximum absolute atomic E-state index is 11.6. The van der Waals surface area contributed by atoms with Gasteiger partial charge in [-0.2, -0.15) is 0 Å². The summed E-state index contributed by atoms with van der Waals surface area (Å²) in [6.45, 7) is 1.86. The first-order valence-corrected chi connectivity index (χ1v) is 10.8. The number of hydrogen-bond acceptors (Lipinski definition) is 6. The predicted octanol–water partition coefficient (Wildman–Crippen LogP) is 4.10. The van der Waals surface area contributed by atoms with Gasteiger partial charge in [0.25, 0.3) is 0 Å². The lowest BCUT2D eigenvalue weighted by atomic mass is 9.98. The topological polar surface area (TPSA) is 126 Å². The van der Waals surface area contributed by atoms with Crippen LogP contribution in [0.25, 0.3) is 11.0 Å². The van der Waals surface area contributed by atoms with E-state index in [4.69, 9.17) is 9.56 Å². The zero-order chi connectivity index (χ0) is 19.9. The molecule has 1 heterocycles. The van der Waals surface area contributed by atoms with Crippen LogP contribution >= 0.6 is 31.9 Å². The van der Waals surface area contributed by atoms with Gasteiger partial charge in [-0.25, -0.2) is 13.6 Å². The van der Waals surface area contributed by atoms with Crippen molar-refractivity contribution in [3.05, 3.63) is 56.2 Å². The van der Waals surface area contributed by atoms with Gasteiger partial charge in [0.05, 0.1) is 19.4 Å². The highest BCUT2D eigenvalue weighted by atomic mass is 79.9. The van der Waals surface area contributed by atoms with Gasteiger partial charge in [-0.1, -0.05) is 12.1 Å². The number of primary sulfonamides is 1. The number of aryl methyl sites for hydroxylation is 1. The summed E-state index contributed by atoms with van der Waals surface area (Å²) < 4.78 is 29.8. The molecule has 4 N–H and O–H groups in total.